The predicted octanol–water partition coefficient (Wildman–Crippen LogP) is 3.75. The molecule has 2 aromatic rings. The Morgan fingerprint density at radius 1 is 0.912 bits per heavy atom. The summed E-state index contributed by atoms with van der Waals surface area (Å²) in [5.74, 6) is 0.550. The molecule has 9 heteroatoms. The molecule has 0 spiro atoms. The highest BCUT2D eigenvalue weighted by Crippen LogP contribution is 2.39. The first-order valence-electron chi connectivity index (χ1n) is 11.9. The Kier molecular flexibility index (Phi) is 6.48. The first-order chi connectivity index (χ1) is 16.4. The van der Waals surface area contributed by atoms with E-state index in [1.54, 1.807) is 0 Å². The number of ether oxygens (including phenoxy) is 2. The summed E-state index contributed by atoms with van der Waals surface area (Å²) in [6, 6.07) is 10.7. The van der Waals surface area contributed by atoms with Crippen molar-refractivity contribution in [2.75, 3.05) is 32.8 Å². The molecule has 5 rings (SSSR count). The molecule has 0 aliphatic carbocycles. The van der Waals surface area contributed by atoms with E-state index >= 15 is 0 Å². The SMILES string of the molecule is O=C([C@@H]1CCCN(S(=O)(=O)c2ccc(F)cc2)C1)N1CCC[C@H]1c1ccc2c(c1)OCCCO2. The third kappa shape index (κ3) is 4.51. The minimum Gasteiger partial charge on any atom is -0.490 e. The van der Waals surface area contributed by atoms with Crippen molar-refractivity contribution < 1.29 is 27.1 Å². The molecule has 2 saturated heterocycles. The summed E-state index contributed by atoms with van der Waals surface area (Å²) in [7, 11) is -3.78. The van der Waals surface area contributed by atoms with E-state index in [4.69, 9.17) is 9.47 Å². The second-order valence-corrected chi connectivity index (χ2v) is 11.0. The van der Waals surface area contributed by atoms with Gasteiger partial charge in [0.1, 0.15) is 5.82 Å². The molecule has 182 valence electrons. The van der Waals surface area contributed by atoms with Gasteiger partial charge in [-0.25, -0.2) is 12.8 Å². The molecule has 3 aliphatic rings. The third-order valence-corrected chi connectivity index (χ3v) is 8.76. The normalized spacial score (nSPS) is 23.5. The molecule has 0 bridgehead atoms. The average molecular weight is 489 g/mol. The zero-order valence-corrected chi connectivity index (χ0v) is 19.8. The van der Waals surface area contributed by atoms with Crippen molar-refractivity contribution in [1.29, 1.82) is 0 Å². The van der Waals surface area contributed by atoms with Crippen molar-refractivity contribution in [3.8, 4) is 11.5 Å². The van der Waals surface area contributed by atoms with Crippen LogP contribution in [0, 0.1) is 11.7 Å². The van der Waals surface area contributed by atoms with Crippen molar-refractivity contribution in [3.63, 3.8) is 0 Å². The topological polar surface area (TPSA) is 76.2 Å². The van der Waals surface area contributed by atoms with Crippen LogP contribution >= 0.6 is 0 Å². The number of piperidine rings is 1. The second kappa shape index (κ2) is 9.54. The van der Waals surface area contributed by atoms with Crippen molar-refractivity contribution in [2.45, 2.75) is 43.0 Å². The molecule has 2 aromatic carbocycles. The van der Waals surface area contributed by atoms with E-state index in [0.717, 1.165) is 42.7 Å². The van der Waals surface area contributed by atoms with Crippen molar-refractivity contribution in [3.05, 3.63) is 53.8 Å². The lowest BCUT2D eigenvalue weighted by atomic mass is 9.96. The van der Waals surface area contributed by atoms with E-state index in [2.05, 4.69) is 0 Å². The average Bonchev–Trinajstić information content (AvgIpc) is 3.22. The Bertz CT molecular complexity index is 1150. The van der Waals surface area contributed by atoms with E-state index in [9.17, 15) is 17.6 Å². The van der Waals surface area contributed by atoms with Crippen LogP contribution in [0.25, 0.3) is 0 Å². The summed E-state index contributed by atoms with van der Waals surface area (Å²) in [6.07, 6.45) is 3.85. The van der Waals surface area contributed by atoms with Crippen LogP contribution in [0.5, 0.6) is 11.5 Å². The van der Waals surface area contributed by atoms with Gasteiger partial charge >= 0.3 is 0 Å². The van der Waals surface area contributed by atoms with Crippen LogP contribution in [-0.2, 0) is 14.8 Å². The Balaban J connectivity index is 1.32. The summed E-state index contributed by atoms with van der Waals surface area (Å²) in [4.78, 5) is 15.5. The molecule has 3 aliphatic heterocycles. The fraction of sp³-hybridized carbons (Fsp3) is 0.480. The number of rotatable bonds is 4. The molecule has 7 nitrogen and oxygen atoms in total. The van der Waals surface area contributed by atoms with Gasteiger partial charge < -0.3 is 14.4 Å². The summed E-state index contributed by atoms with van der Waals surface area (Å²) in [5, 5.41) is 0. The number of benzene rings is 2. The minimum absolute atomic E-state index is 0.00591. The summed E-state index contributed by atoms with van der Waals surface area (Å²) < 4.78 is 52.4. The minimum atomic E-state index is -3.78. The first-order valence-corrected chi connectivity index (χ1v) is 13.3. The van der Waals surface area contributed by atoms with Crippen molar-refractivity contribution in [2.24, 2.45) is 5.92 Å². The van der Waals surface area contributed by atoms with Crippen LogP contribution in [0.2, 0.25) is 0 Å². The van der Waals surface area contributed by atoms with E-state index in [1.807, 2.05) is 23.1 Å². The molecule has 1 amide bonds. The number of hydrogen-bond acceptors (Lipinski definition) is 5. The van der Waals surface area contributed by atoms with Gasteiger partial charge in [-0.2, -0.15) is 4.31 Å². The molecule has 34 heavy (non-hydrogen) atoms. The molecule has 0 N–H and O–H groups in total. The fourth-order valence-corrected chi connectivity index (χ4v) is 6.64. The van der Waals surface area contributed by atoms with Crippen molar-refractivity contribution in [1.82, 2.24) is 9.21 Å². The van der Waals surface area contributed by atoms with Gasteiger partial charge in [-0.3, -0.25) is 4.79 Å². The van der Waals surface area contributed by atoms with Gasteiger partial charge in [-0.15, -0.1) is 0 Å². The van der Waals surface area contributed by atoms with Gasteiger partial charge in [0.25, 0.3) is 0 Å². The van der Waals surface area contributed by atoms with Gasteiger partial charge in [0.15, 0.2) is 11.5 Å². The Hall–Kier alpha value is -2.65. The van der Waals surface area contributed by atoms with Crippen LogP contribution in [0.3, 0.4) is 0 Å². The number of carbonyl (C=O) groups excluding carboxylic acids is 1. The Morgan fingerprint density at radius 2 is 1.65 bits per heavy atom. The molecule has 0 unspecified atom stereocenters. The summed E-state index contributed by atoms with van der Waals surface area (Å²) in [6.45, 7) is 2.38. The molecular formula is C25H29FN2O5S. The zero-order chi connectivity index (χ0) is 23.7. The predicted molar refractivity (Wildman–Crippen MR) is 124 cm³/mol. The molecule has 3 heterocycles. The molecule has 0 aromatic heterocycles. The van der Waals surface area contributed by atoms with Crippen LogP contribution < -0.4 is 9.47 Å². The molecule has 0 radical (unpaired) electrons. The maximum atomic E-state index is 13.6. The molecule has 0 saturated carbocycles. The van der Waals surface area contributed by atoms with Crippen LogP contribution in [-0.4, -0.2) is 56.4 Å². The number of sulfonamides is 1. The second-order valence-electron chi connectivity index (χ2n) is 9.10. The standard InChI is InChI=1S/C25H29FN2O5S/c26-20-7-9-21(10-8-20)34(30,31)27-12-1-4-19(17-27)25(29)28-13-2-5-22(28)18-6-11-23-24(16-18)33-15-3-14-32-23/h6-11,16,19,22H,1-5,12-15,17H2/t19-,22+/m1/s1. The Morgan fingerprint density at radius 3 is 2.44 bits per heavy atom. The monoisotopic (exact) mass is 488 g/mol. The van der Waals surface area contributed by atoms with Gasteiger partial charge in [-0.1, -0.05) is 6.07 Å². The lowest BCUT2D eigenvalue weighted by Gasteiger charge is -2.35. The van der Waals surface area contributed by atoms with Gasteiger partial charge in [0, 0.05) is 26.1 Å². The number of fused-ring (bicyclic) bond motifs is 1. The van der Waals surface area contributed by atoms with E-state index in [0.29, 0.717) is 44.9 Å². The fourth-order valence-electron chi connectivity index (χ4n) is 5.12. The lowest BCUT2D eigenvalue weighted by molar-refractivity contribution is -0.137. The smallest absolute Gasteiger partial charge is 0.243 e. The van der Waals surface area contributed by atoms with Crippen LogP contribution in [0.4, 0.5) is 4.39 Å². The number of hydrogen-bond donors (Lipinski definition) is 0. The molecule has 2 atom stereocenters. The highest BCUT2D eigenvalue weighted by Gasteiger charge is 2.39. The Labute approximate surface area is 199 Å². The number of nitrogens with zero attached hydrogens (tertiary/aromatic N) is 2. The zero-order valence-electron chi connectivity index (χ0n) is 19.0. The van der Waals surface area contributed by atoms with E-state index < -0.39 is 21.8 Å². The van der Waals surface area contributed by atoms with Gasteiger partial charge in [0.05, 0.1) is 30.1 Å². The van der Waals surface area contributed by atoms with Crippen molar-refractivity contribution >= 4 is 15.9 Å². The van der Waals surface area contributed by atoms with E-state index in [-0.39, 0.29) is 23.4 Å². The largest absolute Gasteiger partial charge is 0.490 e. The molecular weight excluding hydrogens is 459 g/mol. The maximum absolute atomic E-state index is 13.6. The van der Waals surface area contributed by atoms with Crippen LogP contribution in [0.15, 0.2) is 47.4 Å². The first kappa shape index (κ1) is 23.1. The third-order valence-electron chi connectivity index (χ3n) is 6.88. The highest BCUT2D eigenvalue weighted by atomic mass is 32.2. The van der Waals surface area contributed by atoms with Gasteiger partial charge in [0.2, 0.25) is 15.9 Å². The number of halogens is 1. The highest BCUT2D eigenvalue weighted by molar-refractivity contribution is 7.89. The number of likely N-dealkylation sites (tertiary alicyclic amines) is 1. The maximum Gasteiger partial charge on any atom is 0.243 e. The quantitative estimate of drug-likeness (QED) is 0.655. The lowest BCUT2D eigenvalue weighted by Crippen LogP contribution is -2.46. The van der Waals surface area contributed by atoms with Crippen LogP contribution in [0.1, 0.15) is 43.7 Å². The summed E-state index contributed by atoms with van der Waals surface area (Å²) >= 11 is 0. The number of carbonyl (C=O) groups is 1. The van der Waals surface area contributed by atoms with Gasteiger partial charge in [-0.05, 0) is 67.6 Å². The summed E-state index contributed by atoms with van der Waals surface area (Å²) in [5.41, 5.74) is 1.02. The van der Waals surface area contributed by atoms with E-state index in [1.165, 1.54) is 16.4 Å². The molecule has 2 fully saturated rings. The number of amides is 1.